The SMILES string of the molecule is COc1cc(-n2ccc3c(-c4cccc(-c5ccc(CN6CC7(CNC(=O)C7)C6)c(OC)n5)c4Cl)cccc32)cc(OC)c1C=O. The summed E-state index contributed by atoms with van der Waals surface area (Å²) in [5.74, 6) is 1.57. The van der Waals surface area contributed by atoms with Gasteiger partial charge in [0.1, 0.15) is 11.5 Å². The number of rotatable bonds is 9. The summed E-state index contributed by atoms with van der Waals surface area (Å²) in [6, 6.07) is 21.8. The lowest BCUT2D eigenvalue weighted by atomic mass is 9.79. The van der Waals surface area contributed by atoms with Crippen molar-refractivity contribution in [1.29, 1.82) is 0 Å². The Morgan fingerprint density at radius 1 is 0.935 bits per heavy atom. The number of carbonyl (C=O) groups is 2. The second-order valence-electron chi connectivity index (χ2n) is 11.9. The van der Waals surface area contributed by atoms with Gasteiger partial charge in [-0.3, -0.25) is 14.5 Å². The number of amides is 1. The minimum Gasteiger partial charge on any atom is -0.496 e. The molecule has 9 nitrogen and oxygen atoms in total. The molecule has 234 valence electrons. The van der Waals surface area contributed by atoms with Crippen LogP contribution >= 0.6 is 11.6 Å². The van der Waals surface area contributed by atoms with Crippen LogP contribution in [0.15, 0.2) is 72.9 Å². The largest absolute Gasteiger partial charge is 0.496 e. The molecule has 0 atom stereocenters. The van der Waals surface area contributed by atoms with Crippen LogP contribution in [0.4, 0.5) is 0 Å². The summed E-state index contributed by atoms with van der Waals surface area (Å²) in [5, 5.41) is 4.56. The van der Waals surface area contributed by atoms with Crippen LogP contribution in [0.25, 0.3) is 39.0 Å². The molecule has 2 aromatic heterocycles. The van der Waals surface area contributed by atoms with Gasteiger partial charge in [0.2, 0.25) is 11.8 Å². The topological polar surface area (TPSA) is 94.9 Å². The van der Waals surface area contributed by atoms with Crippen LogP contribution in [0.3, 0.4) is 0 Å². The number of ether oxygens (including phenoxy) is 3. The van der Waals surface area contributed by atoms with Crippen LogP contribution in [-0.2, 0) is 11.3 Å². The number of methoxy groups -OCH3 is 3. The fraction of sp³-hybridized carbons (Fsp3) is 0.250. The van der Waals surface area contributed by atoms with Gasteiger partial charge in [-0.15, -0.1) is 0 Å². The molecule has 0 bridgehead atoms. The zero-order valence-corrected chi connectivity index (χ0v) is 26.6. The lowest BCUT2D eigenvalue weighted by molar-refractivity contribution is -0.120. The van der Waals surface area contributed by atoms with E-state index in [1.807, 2.05) is 71.4 Å². The molecule has 0 aliphatic carbocycles. The second kappa shape index (κ2) is 11.8. The second-order valence-corrected chi connectivity index (χ2v) is 12.3. The number of aromatic nitrogens is 2. The van der Waals surface area contributed by atoms with Gasteiger partial charge in [-0.2, -0.15) is 0 Å². The van der Waals surface area contributed by atoms with Crippen molar-refractivity contribution < 1.29 is 23.8 Å². The number of aldehydes is 1. The summed E-state index contributed by atoms with van der Waals surface area (Å²) >= 11 is 7.15. The standard InChI is InChI=1S/C36H33ClN4O5/c1-44-31-14-23(15-32(45-2)28(31)18-42)41-13-12-25-24(6-5-9-30(25)41)26-7-4-8-27(34(26)37)29-11-10-22(35(39-29)46-3)17-40-20-36(21-40)16-33(43)38-19-36/h4-15,18H,16-17,19-21H2,1-3H3,(H,38,43). The maximum absolute atomic E-state index is 11.7. The lowest BCUT2D eigenvalue weighted by Crippen LogP contribution is -2.56. The average molecular weight is 637 g/mol. The van der Waals surface area contributed by atoms with Crippen molar-refractivity contribution in [3.63, 3.8) is 0 Å². The Hall–Kier alpha value is -4.86. The van der Waals surface area contributed by atoms with Gasteiger partial charge in [0.25, 0.3) is 0 Å². The molecule has 3 aromatic carbocycles. The van der Waals surface area contributed by atoms with Crippen LogP contribution in [0.2, 0.25) is 5.02 Å². The first kappa shape index (κ1) is 29.8. The zero-order valence-electron chi connectivity index (χ0n) is 25.8. The molecule has 2 aliphatic heterocycles. The number of carbonyl (C=O) groups excluding carboxylic acids is 2. The maximum atomic E-state index is 11.7. The minimum atomic E-state index is 0.0657. The molecule has 0 saturated carbocycles. The fourth-order valence-corrected chi connectivity index (χ4v) is 7.22. The summed E-state index contributed by atoms with van der Waals surface area (Å²) in [5.41, 5.74) is 6.55. The number of likely N-dealkylation sites (tertiary alicyclic amines) is 1. The Labute approximate surface area is 271 Å². The highest BCUT2D eigenvalue weighted by Crippen LogP contribution is 2.42. The van der Waals surface area contributed by atoms with E-state index in [-0.39, 0.29) is 11.3 Å². The third-order valence-electron chi connectivity index (χ3n) is 9.06. The van der Waals surface area contributed by atoms with Crippen molar-refractivity contribution in [2.75, 3.05) is 41.0 Å². The quantitative estimate of drug-likeness (QED) is 0.193. The van der Waals surface area contributed by atoms with E-state index in [9.17, 15) is 9.59 Å². The molecule has 1 N–H and O–H groups in total. The molecule has 1 spiro atoms. The Balaban J connectivity index is 1.21. The highest BCUT2D eigenvalue weighted by molar-refractivity contribution is 6.36. The Morgan fingerprint density at radius 3 is 2.33 bits per heavy atom. The van der Waals surface area contributed by atoms with Crippen molar-refractivity contribution in [2.45, 2.75) is 13.0 Å². The zero-order chi connectivity index (χ0) is 32.0. The maximum Gasteiger partial charge on any atom is 0.220 e. The fourth-order valence-electron chi connectivity index (χ4n) is 6.89. The van der Waals surface area contributed by atoms with E-state index in [1.165, 1.54) is 14.2 Å². The molecular weight excluding hydrogens is 604 g/mol. The van der Waals surface area contributed by atoms with E-state index >= 15 is 0 Å². The smallest absolute Gasteiger partial charge is 0.220 e. The first-order valence-electron chi connectivity index (χ1n) is 15.0. The number of nitrogens with zero attached hydrogens (tertiary/aromatic N) is 3. The Bertz CT molecular complexity index is 1970. The number of halogens is 1. The van der Waals surface area contributed by atoms with Gasteiger partial charge < -0.3 is 24.1 Å². The Morgan fingerprint density at radius 2 is 1.65 bits per heavy atom. The molecule has 0 radical (unpaired) electrons. The molecule has 7 rings (SSSR count). The minimum absolute atomic E-state index is 0.0657. The highest BCUT2D eigenvalue weighted by atomic mass is 35.5. The van der Waals surface area contributed by atoms with E-state index in [4.69, 9.17) is 30.8 Å². The van der Waals surface area contributed by atoms with E-state index in [1.54, 1.807) is 7.11 Å². The van der Waals surface area contributed by atoms with Crippen molar-refractivity contribution in [2.24, 2.45) is 5.41 Å². The summed E-state index contributed by atoms with van der Waals surface area (Å²) < 4.78 is 18.7. The molecule has 2 fully saturated rings. The van der Waals surface area contributed by atoms with Crippen LogP contribution in [0.1, 0.15) is 22.3 Å². The molecule has 2 saturated heterocycles. The summed E-state index contributed by atoms with van der Waals surface area (Å²) in [7, 11) is 4.70. The Kier molecular flexibility index (Phi) is 7.66. The lowest BCUT2D eigenvalue weighted by Gasteiger charge is -2.47. The van der Waals surface area contributed by atoms with E-state index < -0.39 is 0 Å². The molecular formula is C36H33ClN4O5. The van der Waals surface area contributed by atoms with Crippen LogP contribution in [0.5, 0.6) is 17.4 Å². The van der Waals surface area contributed by atoms with Gasteiger partial charge in [-0.05, 0) is 23.8 Å². The molecule has 2 aliphatic rings. The van der Waals surface area contributed by atoms with Crippen molar-refractivity contribution >= 4 is 34.7 Å². The predicted molar refractivity (Wildman–Crippen MR) is 177 cm³/mol. The number of pyridine rings is 1. The average Bonchev–Trinajstić information content (AvgIpc) is 3.68. The number of hydrogen-bond acceptors (Lipinski definition) is 7. The van der Waals surface area contributed by atoms with Crippen molar-refractivity contribution in [3.05, 3.63) is 89.1 Å². The molecule has 46 heavy (non-hydrogen) atoms. The van der Waals surface area contributed by atoms with Crippen LogP contribution < -0.4 is 19.5 Å². The predicted octanol–water partition coefficient (Wildman–Crippen LogP) is 6.17. The van der Waals surface area contributed by atoms with Crippen LogP contribution in [-0.4, -0.2) is 67.6 Å². The molecule has 5 aromatic rings. The summed E-state index contributed by atoms with van der Waals surface area (Å²) in [4.78, 5) is 30.6. The van der Waals surface area contributed by atoms with Crippen molar-refractivity contribution in [3.8, 4) is 45.5 Å². The number of nitrogens with one attached hydrogen (secondary N) is 1. The monoisotopic (exact) mass is 636 g/mol. The summed E-state index contributed by atoms with van der Waals surface area (Å²) in [6.45, 7) is 3.21. The first-order valence-corrected chi connectivity index (χ1v) is 15.4. The van der Waals surface area contributed by atoms with E-state index in [0.29, 0.717) is 40.9 Å². The van der Waals surface area contributed by atoms with Gasteiger partial charge in [-0.1, -0.05) is 48.0 Å². The normalized spacial score (nSPS) is 15.5. The summed E-state index contributed by atoms with van der Waals surface area (Å²) in [6.07, 6.45) is 3.32. The number of hydrogen-bond donors (Lipinski definition) is 1. The number of fused-ring (bicyclic) bond motifs is 1. The third kappa shape index (κ3) is 5.05. The van der Waals surface area contributed by atoms with Gasteiger partial charge in [-0.25, -0.2) is 4.98 Å². The highest BCUT2D eigenvalue weighted by Gasteiger charge is 2.48. The van der Waals surface area contributed by atoms with Crippen molar-refractivity contribution in [1.82, 2.24) is 19.8 Å². The molecule has 1 amide bonds. The number of benzene rings is 3. The molecule has 0 unspecified atom stereocenters. The van der Waals surface area contributed by atoms with Crippen LogP contribution in [0, 0.1) is 5.41 Å². The van der Waals surface area contributed by atoms with E-state index in [0.717, 1.165) is 70.5 Å². The van der Waals surface area contributed by atoms with Gasteiger partial charge in [0.15, 0.2) is 6.29 Å². The van der Waals surface area contributed by atoms with Gasteiger partial charge in [0, 0.05) is 78.4 Å². The van der Waals surface area contributed by atoms with Gasteiger partial charge in [0.05, 0.1) is 48.8 Å². The van der Waals surface area contributed by atoms with E-state index in [2.05, 4.69) is 16.3 Å². The molecule has 10 heteroatoms. The third-order valence-corrected chi connectivity index (χ3v) is 9.47. The molecule has 4 heterocycles. The first-order chi connectivity index (χ1) is 22.4. The van der Waals surface area contributed by atoms with Gasteiger partial charge >= 0.3 is 0 Å².